The number of methoxy groups -OCH3 is 1. The zero-order valence-corrected chi connectivity index (χ0v) is 9.97. The molecule has 0 saturated heterocycles. The number of ether oxygens (including phenoxy) is 2. The number of cyclic esters (lactones) is 1. The third-order valence-corrected chi connectivity index (χ3v) is 2.71. The SMILES string of the molecule is COc1cccc([C@H]2OC(=O)C(O)=C2C(C)=O)c1. The Morgan fingerprint density at radius 2 is 2.17 bits per heavy atom. The summed E-state index contributed by atoms with van der Waals surface area (Å²) in [5.41, 5.74) is 0.560. The molecular weight excluding hydrogens is 236 g/mol. The molecule has 94 valence electrons. The van der Waals surface area contributed by atoms with Gasteiger partial charge in [0.15, 0.2) is 11.9 Å². The fourth-order valence-electron chi connectivity index (χ4n) is 1.85. The summed E-state index contributed by atoms with van der Waals surface area (Å²) in [5.74, 6) is -1.31. The van der Waals surface area contributed by atoms with Crippen LogP contribution in [0.3, 0.4) is 0 Å². The van der Waals surface area contributed by atoms with E-state index < -0.39 is 23.6 Å². The van der Waals surface area contributed by atoms with Crippen LogP contribution < -0.4 is 4.74 Å². The van der Waals surface area contributed by atoms with Crippen LogP contribution in [0, 0.1) is 0 Å². The molecule has 5 nitrogen and oxygen atoms in total. The van der Waals surface area contributed by atoms with Gasteiger partial charge in [0.1, 0.15) is 5.75 Å². The van der Waals surface area contributed by atoms with E-state index in [1.807, 2.05) is 0 Å². The van der Waals surface area contributed by atoms with Crippen molar-refractivity contribution in [2.45, 2.75) is 13.0 Å². The summed E-state index contributed by atoms with van der Waals surface area (Å²) in [6.45, 7) is 1.28. The van der Waals surface area contributed by atoms with Gasteiger partial charge in [-0.2, -0.15) is 0 Å². The Balaban J connectivity index is 2.45. The van der Waals surface area contributed by atoms with Gasteiger partial charge in [-0.15, -0.1) is 0 Å². The standard InChI is InChI=1S/C13H12O5/c1-7(14)10-11(15)13(16)18-12(10)8-4-3-5-9(6-8)17-2/h3-6,12,15H,1-2H3/t12-/m1/s1. The lowest BCUT2D eigenvalue weighted by Gasteiger charge is -2.13. The summed E-state index contributed by atoms with van der Waals surface area (Å²) < 4.78 is 10.1. The number of rotatable bonds is 3. The van der Waals surface area contributed by atoms with Crippen LogP contribution in [0.15, 0.2) is 35.6 Å². The highest BCUT2D eigenvalue weighted by atomic mass is 16.6. The number of aliphatic hydroxyl groups is 1. The number of carbonyl (C=O) groups excluding carboxylic acids is 2. The molecule has 1 aromatic carbocycles. The van der Waals surface area contributed by atoms with E-state index in [4.69, 9.17) is 9.47 Å². The van der Waals surface area contributed by atoms with Crippen LogP contribution in [0.4, 0.5) is 0 Å². The highest BCUT2D eigenvalue weighted by molar-refractivity contribution is 6.05. The molecule has 1 atom stereocenters. The highest BCUT2D eigenvalue weighted by Crippen LogP contribution is 2.35. The second-order valence-corrected chi connectivity index (χ2v) is 3.88. The van der Waals surface area contributed by atoms with Gasteiger partial charge in [-0.1, -0.05) is 12.1 Å². The molecule has 1 aliphatic heterocycles. The maximum Gasteiger partial charge on any atom is 0.374 e. The first-order valence-electron chi connectivity index (χ1n) is 5.33. The number of Topliss-reactive ketones (excluding diaryl/α,β-unsaturated/α-hetero) is 1. The van der Waals surface area contributed by atoms with E-state index in [1.165, 1.54) is 14.0 Å². The molecule has 1 heterocycles. The predicted molar refractivity (Wildman–Crippen MR) is 62.2 cm³/mol. The Morgan fingerprint density at radius 3 is 2.78 bits per heavy atom. The van der Waals surface area contributed by atoms with Crippen molar-refractivity contribution in [1.29, 1.82) is 0 Å². The van der Waals surface area contributed by atoms with E-state index >= 15 is 0 Å². The maximum atomic E-state index is 11.5. The van der Waals surface area contributed by atoms with Gasteiger partial charge in [0.05, 0.1) is 12.7 Å². The number of ketones is 1. The third kappa shape index (κ3) is 1.95. The summed E-state index contributed by atoms with van der Waals surface area (Å²) in [6.07, 6.45) is -0.870. The topological polar surface area (TPSA) is 72.8 Å². The van der Waals surface area contributed by atoms with Crippen molar-refractivity contribution in [2.24, 2.45) is 0 Å². The highest BCUT2D eigenvalue weighted by Gasteiger charge is 2.37. The Kier molecular flexibility index (Phi) is 3.06. The molecule has 0 aromatic heterocycles. The minimum Gasteiger partial charge on any atom is -0.501 e. The summed E-state index contributed by atoms with van der Waals surface area (Å²) in [6, 6.07) is 6.80. The van der Waals surface area contributed by atoms with Crippen molar-refractivity contribution in [3.05, 3.63) is 41.2 Å². The van der Waals surface area contributed by atoms with E-state index in [1.54, 1.807) is 24.3 Å². The molecule has 0 fully saturated rings. The van der Waals surface area contributed by atoms with Gasteiger partial charge >= 0.3 is 5.97 Å². The minimum atomic E-state index is -0.881. The molecule has 2 rings (SSSR count). The average molecular weight is 248 g/mol. The molecule has 0 spiro atoms. The number of esters is 1. The van der Waals surface area contributed by atoms with Crippen molar-refractivity contribution >= 4 is 11.8 Å². The number of benzene rings is 1. The molecule has 0 radical (unpaired) electrons. The third-order valence-electron chi connectivity index (χ3n) is 2.71. The van der Waals surface area contributed by atoms with Crippen molar-refractivity contribution in [3.63, 3.8) is 0 Å². The van der Waals surface area contributed by atoms with Crippen LogP contribution in [0.25, 0.3) is 0 Å². The first-order valence-corrected chi connectivity index (χ1v) is 5.33. The lowest BCUT2D eigenvalue weighted by molar-refractivity contribution is -0.142. The van der Waals surface area contributed by atoms with Gasteiger partial charge in [0.2, 0.25) is 5.76 Å². The predicted octanol–water partition coefficient (Wildman–Crippen LogP) is 1.69. The number of carbonyl (C=O) groups is 2. The Labute approximate surface area is 104 Å². The minimum absolute atomic E-state index is 0.0201. The molecule has 0 unspecified atom stereocenters. The summed E-state index contributed by atoms with van der Waals surface area (Å²) >= 11 is 0. The average Bonchev–Trinajstić information content (AvgIpc) is 2.66. The molecule has 1 aromatic rings. The quantitative estimate of drug-likeness (QED) is 0.824. The summed E-state index contributed by atoms with van der Waals surface area (Å²) in [4.78, 5) is 22.8. The molecule has 0 amide bonds. The zero-order chi connectivity index (χ0) is 13.3. The number of aliphatic hydroxyl groups excluding tert-OH is 1. The molecule has 5 heteroatoms. The summed E-state index contributed by atoms with van der Waals surface area (Å²) in [7, 11) is 1.51. The van der Waals surface area contributed by atoms with Gasteiger partial charge < -0.3 is 14.6 Å². The zero-order valence-electron chi connectivity index (χ0n) is 9.97. The first kappa shape index (κ1) is 12.2. The summed E-state index contributed by atoms with van der Waals surface area (Å²) in [5, 5.41) is 9.54. The molecule has 0 bridgehead atoms. The van der Waals surface area contributed by atoms with Crippen molar-refractivity contribution in [1.82, 2.24) is 0 Å². The van der Waals surface area contributed by atoms with Crippen LogP contribution >= 0.6 is 0 Å². The van der Waals surface area contributed by atoms with Crippen molar-refractivity contribution in [3.8, 4) is 5.75 Å². The van der Waals surface area contributed by atoms with Gasteiger partial charge in [0, 0.05) is 5.56 Å². The second kappa shape index (κ2) is 4.52. The van der Waals surface area contributed by atoms with E-state index in [0.717, 1.165) is 0 Å². The number of hydrogen-bond donors (Lipinski definition) is 1. The molecule has 0 aliphatic carbocycles. The van der Waals surface area contributed by atoms with Gasteiger partial charge in [-0.05, 0) is 19.1 Å². The molecule has 1 N–H and O–H groups in total. The van der Waals surface area contributed by atoms with Crippen LogP contribution in [-0.4, -0.2) is 24.0 Å². The van der Waals surface area contributed by atoms with Crippen molar-refractivity contribution < 1.29 is 24.2 Å². The van der Waals surface area contributed by atoms with Crippen LogP contribution in [-0.2, 0) is 14.3 Å². The Hall–Kier alpha value is -2.30. The van der Waals surface area contributed by atoms with E-state index in [0.29, 0.717) is 11.3 Å². The Morgan fingerprint density at radius 1 is 1.44 bits per heavy atom. The first-order chi connectivity index (χ1) is 8.54. The van der Waals surface area contributed by atoms with Crippen molar-refractivity contribution in [2.75, 3.05) is 7.11 Å². The van der Waals surface area contributed by atoms with E-state index in [9.17, 15) is 14.7 Å². The van der Waals surface area contributed by atoms with E-state index in [-0.39, 0.29) is 5.57 Å². The fourth-order valence-corrected chi connectivity index (χ4v) is 1.85. The molecule has 18 heavy (non-hydrogen) atoms. The molecule has 0 saturated carbocycles. The van der Waals surface area contributed by atoms with Crippen LogP contribution in [0.1, 0.15) is 18.6 Å². The second-order valence-electron chi connectivity index (χ2n) is 3.88. The van der Waals surface area contributed by atoms with Gasteiger partial charge in [-0.25, -0.2) is 4.79 Å². The fraction of sp³-hybridized carbons (Fsp3) is 0.231. The largest absolute Gasteiger partial charge is 0.501 e. The van der Waals surface area contributed by atoms with E-state index in [2.05, 4.69) is 0 Å². The smallest absolute Gasteiger partial charge is 0.374 e. The molecule has 1 aliphatic rings. The van der Waals surface area contributed by atoms with Gasteiger partial charge in [-0.3, -0.25) is 4.79 Å². The van der Waals surface area contributed by atoms with Crippen LogP contribution in [0.5, 0.6) is 5.75 Å². The normalized spacial score (nSPS) is 18.8. The maximum absolute atomic E-state index is 11.5. The molecular formula is C13H12O5. The lowest BCUT2D eigenvalue weighted by atomic mass is 9.99. The Bertz CT molecular complexity index is 544. The van der Waals surface area contributed by atoms with Gasteiger partial charge in [0.25, 0.3) is 0 Å². The lowest BCUT2D eigenvalue weighted by Crippen LogP contribution is -2.08. The number of hydrogen-bond acceptors (Lipinski definition) is 5. The monoisotopic (exact) mass is 248 g/mol. The van der Waals surface area contributed by atoms with Crippen LogP contribution in [0.2, 0.25) is 0 Å².